The summed E-state index contributed by atoms with van der Waals surface area (Å²) in [4.78, 5) is 24.6. The molecule has 0 fully saturated rings. The third-order valence-corrected chi connectivity index (χ3v) is 5.07. The maximum Gasteiger partial charge on any atom is 0.272 e. The molecule has 2 atom stereocenters. The molecule has 2 aromatic rings. The Morgan fingerprint density at radius 1 is 1.44 bits per heavy atom. The molecule has 8 heteroatoms. The highest BCUT2D eigenvalue weighted by Gasteiger charge is 2.27. The first-order valence-corrected chi connectivity index (χ1v) is 9.26. The van der Waals surface area contributed by atoms with Gasteiger partial charge < -0.3 is 20.7 Å². The average Bonchev–Trinajstić information content (AvgIpc) is 3.11. The van der Waals surface area contributed by atoms with Gasteiger partial charge in [0, 0.05) is 30.8 Å². The highest BCUT2D eigenvalue weighted by molar-refractivity contribution is 5.98. The van der Waals surface area contributed by atoms with Crippen LogP contribution in [0.3, 0.4) is 0 Å². The van der Waals surface area contributed by atoms with Crippen LogP contribution in [0.5, 0.6) is 5.75 Å². The van der Waals surface area contributed by atoms with E-state index in [0.717, 1.165) is 29.8 Å². The Hall–Kier alpha value is -2.87. The van der Waals surface area contributed by atoms with E-state index in [2.05, 4.69) is 26.1 Å². The quantitative estimate of drug-likeness (QED) is 0.655. The van der Waals surface area contributed by atoms with Gasteiger partial charge in [-0.3, -0.25) is 14.7 Å². The molecule has 0 radical (unpaired) electrons. The SMILES string of the molecule is CCC1Oc2cc(C(C)NC(=O)c3n[nH]c4c3CNCC4)ccc2NC1=O. The first kappa shape index (κ1) is 17.5. The summed E-state index contributed by atoms with van der Waals surface area (Å²) in [6.45, 7) is 5.35. The molecular formula is C19H23N5O3. The highest BCUT2D eigenvalue weighted by Crippen LogP contribution is 2.33. The summed E-state index contributed by atoms with van der Waals surface area (Å²) in [7, 11) is 0. The largest absolute Gasteiger partial charge is 0.478 e. The number of ether oxygens (including phenoxy) is 1. The van der Waals surface area contributed by atoms with Crippen molar-refractivity contribution in [2.24, 2.45) is 0 Å². The van der Waals surface area contributed by atoms with Gasteiger partial charge in [0.25, 0.3) is 11.8 Å². The van der Waals surface area contributed by atoms with Gasteiger partial charge in [0.1, 0.15) is 5.75 Å². The number of hydrogen-bond acceptors (Lipinski definition) is 5. The Morgan fingerprint density at radius 2 is 2.30 bits per heavy atom. The van der Waals surface area contributed by atoms with Gasteiger partial charge in [-0.25, -0.2) is 0 Å². The molecule has 142 valence electrons. The lowest BCUT2D eigenvalue weighted by Gasteiger charge is -2.26. The minimum absolute atomic E-state index is 0.129. The van der Waals surface area contributed by atoms with Crippen LogP contribution in [0.1, 0.15) is 53.6 Å². The fourth-order valence-corrected chi connectivity index (χ4v) is 3.46. The van der Waals surface area contributed by atoms with E-state index >= 15 is 0 Å². The van der Waals surface area contributed by atoms with Gasteiger partial charge in [-0.2, -0.15) is 5.10 Å². The van der Waals surface area contributed by atoms with E-state index in [1.54, 1.807) is 6.07 Å². The van der Waals surface area contributed by atoms with Crippen molar-refractivity contribution >= 4 is 17.5 Å². The summed E-state index contributed by atoms with van der Waals surface area (Å²) in [6, 6.07) is 5.32. The maximum absolute atomic E-state index is 12.7. The van der Waals surface area contributed by atoms with Crippen molar-refractivity contribution in [1.29, 1.82) is 0 Å². The number of fused-ring (bicyclic) bond motifs is 2. The monoisotopic (exact) mass is 369 g/mol. The predicted molar refractivity (Wildman–Crippen MR) is 99.7 cm³/mol. The molecule has 0 spiro atoms. The fraction of sp³-hybridized carbons (Fsp3) is 0.421. The Labute approximate surface area is 157 Å². The molecule has 0 aliphatic carbocycles. The summed E-state index contributed by atoms with van der Waals surface area (Å²) in [5.41, 5.74) is 3.95. The fourth-order valence-electron chi connectivity index (χ4n) is 3.46. The van der Waals surface area contributed by atoms with Gasteiger partial charge in [0.2, 0.25) is 0 Å². The lowest BCUT2D eigenvalue weighted by atomic mass is 10.0. The van der Waals surface area contributed by atoms with E-state index in [1.165, 1.54) is 0 Å². The Bertz CT molecular complexity index is 891. The number of anilines is 1. The van der Waals surface area contributed by atoms with E-state index in [9.17, 15) is 9.59 Å². The van der Waals surface area contributed by atoms with Gasteiger partial charge in [0.05, 0.1) is 11.7 Å². The van der Waals surface area contributed by atoms with Gasteiger partial charge in [-0.05, 0) is 31.0 Å². The third-order valence-electron chi connectivity index (χ3n) is 5.07. The van der Waals surface area contributed by atoms with Crippen LogP contribution in [0.4, 0.5) is 5.69 Å². The molecule has 2 unspecified atom stereocenters. The lowest BCUT2D eigenvalue weighted by Crippen LogP contribution is -2.36. The second-order valence-corrected chi connectivity index (χ2v) is 6.91. The second-order valence-electron chi connectivity index (χ2n) is 6.91. The first-order chi connectivity index (χ1) is 13.1. The molecule has 4 N–H and O–H groups in total. The van der Waals surface area contributed by atoms with Crippen LogP contribution in [0, 0.1) is 0 Å². The number of nitrogens with one attached hydrogen (secondary N) is 4. The number of rotatable bonds is 4. The van der Waals surface area contributed by atoms with Crippen LogP contribution < -0.4 is 20.7 Å². The summed E-state index contributed by atoms with van der Waals surface area (Å²) in [6.07, 6.45) is 0.957. The molecule has 0 bridgehead atoms. The summed E-state index contributed by atoms with van der Waals surface area (Å²) in [5.74, 6) is 0.291. The van der Waals surface area contributed by atoms with Crippen molar-refractivity contribution in [2.75, 3.05) is 11.9 Å². The van der Waals surface area contributed by atoms with Crippen LogP contribution in [-0.4, -0.2) is 34.7 Å². The predicted octanol–water partition coefficient (Wildman–Crippen LogP) is 1.66. The van der Waals surface area contributed by atoms with Crippen LogP contribution in [0.25, 0.3) is 0 Å². The van der Waals surface area contributed by atoms with Crippen LogP contribution in [-0.2, 0) is 17.8 Å². The van der Waals surface area contributed by atoms with E-state index in [-0.39, 0.29) is 17.9 Å². The zero-order chi connectivity index (χ0) is 19.0. The Morgan fingerprint density at radius 3 is 3.11 bits per heavy atom. The molecule has 1 aromatic heterocycles. The smallest absolute Gasteiger partial charge is 0.272 e. The van der Waals surface area contributed by atoms with Crippen molar-refractivity contribution in [1.82, 2.24) is 20.8 Å². The average molecular weight is 369 g/mol. The van der Waals surface area contributed by atoms with E-state index in [4.69, 9.17) is 4.74 Å². The van der Waals surface area contributed by atoms with E-state index < -0.39 is 6.10 Å². The van der Waals surface area contributed by atoms with E-state index in [0.29, 0.717) is 30.1 Å². The minimum atomic E-state index is -0.485. The van der Waals surface area contributed by atoms with Gasteiger partial charge >= 0.3 is 0 Å². The number of nitrogens with zero attached hydrogens (tertiary/aromatic N) is 1. The normalized spacial score (nSPS) is 19.3. The van der Waals surface area contributed by atoms with Crippen molar-refractivity contribution in [2.45, 2.75) is 45.4 Å². The molecular weight excluding hydrogens is 346 g/mol. The number of aromatic nitrogens is 2. The van der Waals surface area contributed by atoms with Crippen molar-refractivity contribution in [3.8, 4) is 5.75 Å². The summed E-state index contributed by atoms with van der Waals surface area (Å²) >= 11 is 0. The standard InChI is InChI=1S/C19H23N5O3/c1-3-15-18(25)22-14-5-4-11(8-16(14)27-15)10(2)21-19(26)17-12-9-20-7-6-13(12)23-24-17/h4-5,8,10,15,20H,3,6-7,9H2,1-2H3,(H,21,26)(H,22,25)(H,23,24). The van der Waals surface area contributed by atoms with Gasteiger partial charge in [-0.1, -0.05) is 13.0 Å². The number of aromatic amines is 1. The van der Waals surface area contributed by atoms with Gasteiger partial charge in [0.15, 0.2) is 11.8 Å². The van der Waals surface area contributed by atoms with Crippen LogP contribution in [0.15, 0.2) is 18.2 Å². The Kier molecular flexibility index (Phi) is 4.57. The van der Waals surface area contributed by atoms with Crippen molar-refractivity contribution in [3.05, 3.63) is 40.7 Å². The molecule has 0 saturated carbocycles. The number of carbonyl (C=O) groups excluding carboxylic acids is 2. The van der Waals surface area contributed by atoms with Crippen molar-refractivity contribution in [3.63, 3.8) is 0 Å². The molecule has 2 aliphatic rings. The molecule has 1 aromatic carbocycles. The third kappa shape index (κ3) is 3.28. The summed E-state index contributed by atoms with van der Waals surface area (Å²) < 4.78 is 5.79. The number of carbonyl (C=O) groups is 2. The minimum Gasteiger partial charge on any atom is -0.478 e. The Balaban J connectivity index is 1.50. The molecule has 2 aliphatic heterocycles. The molecule has 4 rings (SSSR count). The second kappa shape index (κ2) is 7.03. The lowest BCUT2D eigenvalue weighted by molar-refractivity contribution is -0.123. The molecule has 3 heterocycles. The maximum atomic E-state index is 12.7. The molecule has 2 amide bonds. The molecule has 0 saturated heterocycles. The first-order valence-electron chi connectivity index (χ1n) is 9.26. The highest BCUT2D eigenvalue weighted by atomic mass is 16.5. The van der Waals surface area contributed by atoms with E-state index in [1.807, 2.05) is 26.0 Å². The number of H-pyrrole nitrogens is 1. The van der Waals surface area contributed by atoms with Crippen LogP contribution >= 0.6 is 0 Å². The number of benzene rings is 1. The zero-order valence-corrected chi connectivity index (χ0v) is 15.4. The van der Waals surface area contributed by atoms with Crippen LogP contribution in [0.2, 0.25) is 0 Å². The van der Waals surface area contributed by atoms with Crippen molar-refractivity contribution < 1.29 is 14.3 Å². The molecule has 27 heavy (non-hydrogen) atoms. The zero-order valence-electron chi connectivity index (χ0n) is 15.4. The number of hydrogen-bond donors (Lipinski definition) is 4. The number of amides is 2. The summed E-state index contributed by atoms with van der Waals surface area (Å²) in [5, 5.41) is 16.3. The molecule has 8 nitrogen and oxygen atoms in total. The van der Waals surface area contributed by atoms with Gasteiger partial charge in [-0.15, -0.1) is 0 Å². The topological polar surface area (TPSA) is 108 Å².